The van der Waals surface area contributed by atoms with Crippen molar-refractivity contribution in [2.75, 3.05) is 67.5 Å². The fraction of sp³-hybridized carbons (Fsp3) is 0.750. The monoisotopic (exact) mass is 800 g/mol. The molecule has 2 aliphatic heterocycles. The molecule has 56 heavy (non-hydrogen) atoms. The van der Waals surface area contributed by atoms with Gasteiger partial charge in [0.05, 0.1) is 5.71 Å². The van der Waals surface area contributed by atoms with Crippen LogP contribution in [-0.2, 0) is 41.3 Å². The molecule has 1 fully saturated rings. The number of hydrogen-bond donors (Lipinski definition) is 7. The maximum Gasteiger partial charge on any atom is 0.269 e. The summed E-state index contributed by atoms with van der Waals surface area (Å²) >= 11 is 0. The number of aromatic amines is 2. The van der Waals surface area contributed by atoms with E-state index in [-0.39, 0.29) is 58.1 Å². The Balaban J connectivity index is -0.000000192. The molecule has 1 amide bonds. The third-order valence-electron chi connectivity index (χ3n) is 8.79. The largest absolute Gasteiger partial charge is 0.330 e. The van der Waals surface area contributed by atoms with E-state index in [2.05, 4.69) is 36.6 Å². The van der Waals surface area contributed by atoms with Crippen LogP contribution < -0.4 is 38.1 Å². The van der Waals surface area contributed by atoms with E-state index < -0.39 is 0 Å². The highest BCUT2D eigenvalue weighted by molar-refractivity contribution is 6.12. The van der Waals surface area contributed by atoms with Crippen molar-refractivity contribution in [2.24, 2.45) is 36.3 Å². The summed E-state index contributed by atoms with van der Waals surface area (Å²) in [7, 11) is 10.8. The molecule has 0 bridgehead atoms. The molecule has 330 valence electrons. The number of hydrogen-bond acceptors (Lipinski definition) is 11. The number of nitrogens with zero attached hydrogens (tertiary/aromatic N) is 4. The van der Waals surface area contributed by atoms with Gasteiger partial charge in [0.2, 0.25) is 0 Å². The summed E-state index contributed by atoms with van der Waals surface area (Å²) in [5.74, 6) is 0.978. The molecule has 1 saturated heterocycles. The lowest BCUT2D eigenvalue weighted by molar-refractivity contribution is -0.134. The molecule has 0 saturated carbocycles. The first-order valence-corrected chi connectivity index (χ1v) is 18.2. The molecule has 0 aliphatic carbocycles. The molecule has 0 aromatic carbocycles. The number of fused-ring (bicyclic) bond motifs is 1. The van der Waals surface area contributed by atoms with Gasteiger partial charge in [0.1, 0.15) is 17.0 Å². The number of aromatic nitrogens is 4. The average molecular weight is 800 g/mol. The fourth-order valence-electron chi connectivity index (χ4n) is 5.16. The summed E-state index contributed by atoms with van der Waals surface area (Å²) in [6, 6.07) is 0. The minimum atomic E-state index is -0.354. The van der Waals surface area contributed by atoms with Crippen molar-refractivity contribution in [1.29, 1.82) is 0 Å². The molecule has 16 nitrogen and oxygen atoms in total. The first-order chi connectivity index (χ1) is 24.5. The lowest BCUT2D eigenvalue weighted by Gasteiger charge is -2.28. The van der Waals surface area contributed by atoms with Gasteiger partial charge in [-0.3, -0.25) is 43.5 Å². The lowest BCUT2D eigenvalue weighted by Crippen LogP contribution is -2.48. The first kappa shape index (κ1) is 61.5. The highest BCUT2D eigenvalue weighted by Gasteiger charge is 2.46. The Morgan fingerprint density at radius 2 is 1.29 bits per heavy atom. The number of H-pyrrole nitrogens is 2. The van der Waals surface area contributed by atoms with Crippen molar-refractivity contribution in [3.63, 3.8) is 0 Å². The molecule has 4 rings (SSSR count). The van der Waals surface area contributed by atoms with Crippen LogP contribution in [0.4, 0.5) is 0 Å². The van der Waals surface area contributed by atoms with E-state index in [9.17, 15) is 24.0 Å². The maximum atomic E-state index is 11.6. The van der Waals surface area contributed by atoms with E-state index in [1.807, 2.05) is 62.7 Å². The SMILES string of the molecule is C.C.C.C.CCC(=O)CCNC.CN1N=C2CCNCC2(C)C1=O.CNCCC(=O)C(C)C.CNCCc1[nH]n(C)c(=O)c1C.Cc1c(CCN)[nH]n(C)c1=O. The molecule has 2 aromatic rings. The van der Waals surface area contributed by atoms with Gasteiger partial charge in [-0.2, -0.15) is 5.10 Å². The average Bonchev–Trinajstić information content (AvgIpc) is 3.62. The van der Waals surface area contributed by atoms with Crippen LogP contribution in [0.15, 0.2) is 14.7 Å². The predicted molar refractivity (Wildman–Crippen MR) is 237 cm³/mol. The molecule has 8 N–H and O–H groups in total. The van der Waals surface area contributed by atoms with Crippen LogP contribution in [-0.4, -0.2) is 115 Å². The second-order valence-electron chi connectivity index (χ2n) is 13.4. The van der Waals surface area contributed by atoms with E-state index in [0.29, 0.717) is 37.4 Å². The zero-order valence-corrected chi connectivity index (χ0v) is 34.0. The number of likely N-dealkylation sites (N-methyl/N-ethyl adjacent to an activating group) is 1. The van der Waals surface area contributed by atoms with Gasteiger partial charge < -0.3 is 27.0 Å². The van der Waals surface area contributed by atoms with Gasteiger partial charge >= 0.3 is 0 Å². The first-order valence-electron chi connectivity index (χ1n) is 18.2. The second-order valence-corrected chi connectivity index (χ2v) is 13.4. The van der Waals surface area contributed by atoms with E-state index in [4.69, 9.17) is 5.73 Å². The van der Waals surface area contributed by atoms with Crippen molar-refractivity contribution in [1.82, 2.24) is 45.8 Å². The number of carbonyl (C=O) groups is 3. The van der Waals surface area contributed by atoms with Crippen LogP contribution in [0.1, 0.15) is 106 Å². The quantitative estimate of drug-likeness (QED) is 0.157. The van der Waals surface area contributed by atoms with Gasteiger partial charge in [0, 0.05) is 121 Å². The van der Waals surface area contributed by atoms with Crippen molar-refractivity contribution in [3.8, 4) is 0 Å². The number of nitrogens with two attached hydrogens (primary N) is 1. The highest BCUT2D eigenvalue weighted by atomic mass is 16.2. The standard InChI is InChI=1S/C8H13N3O.C8H15N3O.C7H13N3O.C7H15NO.C6H13NO.4CH4/c1-8-5-9-4-3-6(8)10-11(2)7(8)12;1-6-7(4-5-9-2)10-11(3)8(6)12;1-5-6(3-4-8)9-10(2)7(5)11;1-6(2)7(9)4-5-8-3;1-3-6(8)4-5-7-2;;;;/h9H,3-5H2,1-2H3;9-10H,4-5H2,1-3H3;9H,3-4,8H2,1-2H3;6,8H,4-5H2,1-3H3;7H,3-5H2,1-2H3;4*1H4. The number of nitrogens with one attached hydrogen (secondary N) is 6. The van der Waals surface area contributed by atoms with E-state index in [1.54, 1.807) is 21.1 Å². The van der Waals surface area contributed by atoms with Gasteiger partial charge in [-0.05, 0) is 48.5 Å². The van der Waals surface area contributed by atoms with Gasteiger partial charge in [-0.25, -0.2) is 5.01 Å². The summed E-state index contributed by atoms with van der Waals surface area (Å²) in [5, 5.41) is 23.7. The number of hydrazone groups is 1. The lowest BCUT2D eigenvalue weighted by atomic mass is 9.81. The van der Waals surface area contributed by atoms with E-state index >= 15 is 0 Å². The molecule has 1 atom stereocenters. The fourth-order valence-corrected chi connectivity index (χ4v) is 5.16. The summed E-state index contributed by atoms with van der Waals surface area (Å²) < 4.78 is 2.99. The summed E-state index contributed by atoms with van der Waals surface area (Å²) in [6.07, 6.45) is 4.51. The molecule has 2 aromatic heterocycles. The zero-order chi connectivity index (χ0) is 40.0. The van der Waals surface area contributed by atoms with Gasteiger partial charge in [0.15, 0.2) is 0 Å². The van der Waals surface area contributed by atoms with Gasteiger partial charge in [0.25, 0.3) is 17.0 Å². The number of amides is 1. The van der Waals surface area contributed by atoms with Crippen LogP contribution in [0, 0.1) is 25.2 Å². The number of aryl methyl sites for hydroxylation is 2. The summed E-state index contributed by atoms with van der Waals surface area (Å²) in [4.78, 5) is 55.4. The number of ketones is 2. The molecule has 0 spiro atoms. The topological polar surface area (TPSA) is 217 Å². The van der Waals surface area contributed by atoms with Crippen LogP contribution in [0.5, 0.6) is 0 Å². The Morgan fingerprint density at radius 3 is 1.66 bits per heavy atom. The van der Waals surface area contributed by atoms with E-state index in [1.165, 1.54) is 14.4 Å². The van der Waals surface area contributed by atoms with Crippen molar-refractivity contribution in [3.05, 3.63) is 43.2 Å². The molecule has 2 aliphatic rings. The van der Waals surface area contributed by atoms with Crippen molar-refractivity contribution < 1.29 is 14.4 Å². The summed E-state index contributed by atoms with van der Waals surface area (Å²) in [6.45, 7) is 16.1. The third-order valence-corrected chi connectivity index (χ3v) is 8.79. The Labute approximate surface area is 339 Å². The Kier molecular flexibility index (Phi) is 35.6. The van der Waals surface area contributed by atoms with Gasteiger partial charge in [-0.15, -0.1) is 0 Å². The molecule has 1 unspecified atom stereocenters. The highest BCUT2D eigenvalue weighted by Crippen LogP contribution is 2.30. The zero-order valence-electron chi connectivity index (χ0n) is 34.0. The predicted octanol–water partition coefficient (Wildman–Crippen LogP) is 3.06. The minimum absolute atomic E-state index is 0. The third kappa shape index (κ3) is 20.5. The van der Waals surface area contributed by atoms with Crippen molar-refractivity contribution in [2.45, 2.75) is 110 Å². The number of carbonyl (C=O) groups excluding carboxylic acids is 3. The normalized spacial score (nSPS) is 14.8. The molecule has 16 heteroatoms. The van der Waals surface area contributed by atoms with Crippen LogP contribution in [0.3, 0.4) is 0 Å². The van der Waals surface area contributed by atoms with Crippen LogP contribution in [0.25, 0.3) is 0 Å². The second kappa shape index (κ2) is 32.4. The number of Topliss-reactive ketones (excluding diaryl/α,β-unsaturated/α-hetero) is 2. The minimum Gasteiger partial charge on any atom is -0.330 e. The Morgan fingerprint density at radius 1 is 0.821 bits per heavy atom. The summed E-state index contributed by atoms with van der Waals surface area (Å²) in [5.41, 5.74) is 9.72. The van der Waals surface area contributed by atoms with Crippen LogP contribution in [0.2, 0.25) is 0 Å². The van der Waals surface area contributed by atoms with Crippen LogP contribution >= 0.6 is 0 Å². The maximum absolute atomic E-state index is 11.6. The molecule has 4 heterocycles. The molecular formula is C40H85N11O5. The van der Waals surface area contributed by atoms with E-state index in [0.717, 1.165) is 80.2 Å². The Bertz CT molecular complexity index is 1520. The molecular weight excluding hydrogens is 715 g/mol. The van der Waals surface area contributed by atoms with Crippen molar-refractivity contribution >= 4 is 23.2 Å². The smallest absolute Gasteiger partial charge is 0.269 e. The Hall–Kier alpha value is -3.70. The number of piperidine rings is 1. The van der Waals surface area contributed by atoms with Gasteiger partial charge in [-0.1, -0.05) is 50.5 Å². The molecule has 0 radical (unpaired) electrons. The number of rotatable bonds is 13.